The van der Waals surface area contributed by atoms with E-state index in [-0.39, 0.29) is 5.91 Å². The van der Waals surface area contributed by atoms with Crippen molar-refractivity contribution in [3.05, 3.63) is 0 Å². The van der Waals surface area contributed by atoms with Crippen LogP contribution in [0.2, 0.25) is 0 Å². The molecule has 0 aromatic rings. The molecule has 0 rings (SSSR count). The van der Waals surface area contributed by atoms with Crippen molar-refractivity contribution in [2.75, 3.05) is 5.88 Å². The summed E-state index contributed by atoms with van der Waals surface area (Å²) < 4.78 is 0. The molecule has 0 bridgehead atoms. The van der Waals surface area contributed by atoms with Gasteiger partial charge in [0.1, 0.15) is 0 Å². The van der Waals surface area contributed by atoms with Gasteiger partial charge in [0.25, 0.3) is 0 Å². The van der Waals surface area contributed by atoms with Crippen LogP contribution in [0.5, 0.6) is 0 Å². The van der Waals surface area contributed by atoms with Gasteiger partial charge in [-0.2, -0.15) is 0 Å². The lowest BCUT2D eigenvalue weighted by molar-refractivity contribution is -0.118. The Bertz CT molecular complexity index is 66.0. The minimum absolute atomic E-state index is 0.0125. The van der Waals surface area contributed by atoms with E-state index in [2.05, 4.69) is 17.0 Å². The third-order valence-corrected chi connectivity index (χ3v) is 1.05. The largest absolute Gasteiger partial charge is 0.346 e. The summed E-state index contributed by atoms with van der Waals surface area (Å²) in [6.07, 6.45) is 0. The third-order valence-electron chi connectivity index (χ3n) is 0.386. The molecule has 0 aliphatic carbocycles. The van der Waals surface area contributed by atoms with Gasteiger partial charge >= 0.3 is 0 Å². The number of hydrogen-bond acceptors (Lipinski definition) is 3. The van der Waals surface area contributed by atoms with Gasteiger partial charge in [-0.25, -0.2) is 0 Å². The van der Waals surface area contributed by atoms with Crippen molar-refractivity contribution in [1.29, 1.82) is 0 Å². The Morgan fingerprint density at radius 3 is 2.71 bits per heavy atom. The summed E-state index contributed by atoms with van der Waals surface area (Å²) in [4.78, 5) is 10.0. The second kappa shape index (κ2) is 4.33. The lowest BCUT2D eigenvalue weighted by Crippen LogP contribution is -2.17. The second-order valence-corrected chi connectivity index (χ2v) is 2.33. The van der Waals surface area contributed by atoms with Crippen LogP contribution in [-0.2, 0) is 4.79 Å². The minimum atomic E-state index is -0.0125. The Morgan fingerprint density at radius 1 is 2.00 bits per heavy atom. The molecule has 42 valence electrons. The molecule has 0 aliphatic heterocycles. The van der Waals surface area contributed by atoms with Crippen molar-refractivity contribution in [2.45, 2.75) is 6.92 Å². The van der Waals surface area contributed by atoms with E-state index in [9.17, 15) is 4.79 Å². The van der Waals surface area contributed by atoms with Gasteiger partial charge in [-0.15, -0.1) is 11.7 Å². The van der Waals surface area contributed by atoms with Crippen LogP contribution in [0.25, 0.3) is 0 Å². The Morgan fingerprint density at radius 2 is 2.57 bits per heavy atom. The minimum Gasteiger partial charge on any atom is -0.346 e. The maximum Gasteiger partial charge on any atom is 0.217 e. The lowest BCUT2D eigenvalue weighted by atomic mass is 10.7. The molecule has 0 saturated carbocycles. The van der Waals surface area contributed by atoms with Crippen molar-refractivity contribution in [3.8, 4) is 0 Å². The van der Waals surface area contributed by atoms with Crippen molar-refractivity contribution in [2.24, 2.45) is 0 Å². The van der Waals surface area contributed by atoms with E-state index in [4.69, 9.17) is 0 Å². The van der Waals surface area contributed by atoms with Crippen LogP contribution in [0.15, 0.2) is 0 Å². The molecule has 0 aliphatic rings. The van der Waals surface area contributed by atoms with Gasteiger partial charge < -0.3 is 5.32 Å². The molecule has 2 nitrogen and oxygen atoms in total. The van der Waals surface area contributed by atoms with Gasteiger partial charge in [0.15, 0.2) is 0 Å². The number of carbonyl (C=O) groups excluding carboxylic acids is 1. The van der Waals surface area contributed by atoms with Gasteiger partial charge in [0, 0.05) is 6.92 Å². The third kappa shape index (κ3) is 6.17. The van der Waals surface area contributed by atoms with Gasteiger partial charge in [0.2, 0.25) is 5.91 Å². The molecule has 0 atom stereocenters. The van der Waals surface area contributed by atoms with Crippen LogP contribution in [0, 0.1) is 0 Å². The molecule has 0 fully saturated rings. The zero-order valence-electron chi connectivity index (χ0n) is 3.97. The monoisotopic (exact) mass is 137 g/mol. The maximum atomic E-state index is 10.0. The van der Waals surface area contributed by atoms with Gasteiger partial charge in [0.05, 0.1) is 5.88 Å². The van der Waals surface area contributed by atoms with E-state index in [1.807, 2.05) is 0 Å². The summed E-state index contributed by atoms with van der Waals surface area (Å²) in [7, 11) is 1.29. The number of thiol groups is 1. The molecule has 0 radical (unpaired) electrons. The van der Waals surface area contributed by atoms with E-state index in [1.165, 1.54) is 17.7 Å². The normalized spacial score (nSPS) is 8.29. The highest BCUT2D eigenvalue weighted by Gasteiger charge is 1.83. The fraction of sp³-hybridized carbons (Fsp3) is 0.667. The Labute approximate surface area is 51.9 Å². The fourth-order valence-corrected chi connectivity index (χ4v) is 0.595. The van der Waals surface area contributed by atoms with Gasteiger partial charge in [-0.3, -0.25) is 4.79 Å². The van der Waals surface area contributed by atoms with Gasteiger partial charge in [-0.1, -0.05) is 10.8 Å². The quantitative estimate of drug-likeness (QED) is 0.332. The van der Waals surface area contributed by atoms with E-state index >= 15 is 0 Å². The molecule has 0 saturated heterocycles. The molecule has 0 heterocycles. The first-order chi connectivity index (χ1) is 3.27. The average molecular weight is 137 g/mol. The first-order valence-electron chi connectivity index (χ1n) is 1.78. The van der Waals surface area contributed by atoms with Crippen molar-refractivity contribution in [1.82, 2.24) is 5.32 Å². The highest BCUT2D eigenvalue weighted by atomic mass is 33.1. The van der Waals surface area contributed by atoms with Crippen LogP contribution in [0.3, 0.4) is 0 Å². The highest BCUT2D eigenvalue weighted by Crippen LogP contribution is 1.99. The molecular weight excluding hydrogens is 130 g/mol. The van der Waals surface area contributed by atoms with Crippen LogP contribution in [0.4, 0.5) is 0 Å². The Kier molecular flexibility index (Phi) is 4.44. The molecule has 1 N–H and O–H groups in total. The predicted molar refractivity (Wildman–Crippen MR) is 35.3 cm³/mol. The molecular formula is C3H7NOS2. The second-order valence-electron chi connectivity index (χ2n) is 1.01. The molecule has 0 aromatic heterocycles. The standard InChI is InChI=1S/C3H7NOS2/c1-3(5)4-2-7-6/h6H,2H2,1H3,(H,4,5). The summed E-state index contributed by atoms with van der Waals surface area (Å²) in [6.45, 7) is 1.48. The molecule has 0 unspecified atom stereocenters. The summed E-state index contributed by atoms with van der Waals surface area (Å²) in [5, 5.41) is 2.54. The number of rotatable bonds is 2. The topological polar surface area (TPSA) is 29.1 Å². The average Bonchev–Trinajstić information content (AvgIpc) is 1.61. The zero-order valence-corrected chi connectivity index (χ0v) is 5.68. The summed E-state index contributed by atoms with van der Waals surface area (Å²) >= 11 is 3.80. The predicted octanol–water partition coefficient (Wildman–Crippen LogP) is 0.658. The number of amides is 1. The van der Waals surface area contributed by atoms with Crippen LogP contribution in [-0.4, -0.2) is 11.8 Å². The van der Waals surface area contributed by atoms with Gasteiger partial charge in [-0.05, 0) is 0 Å². The van der Waals surface area contributed by atoms with E-state index in [1.54, 1.807) is 0 Å². The van der Waals surface area contributed by atoms with Crippen molar-refractivity contribution >= 4 is 28.4 Å². The first kappa shape index (κ1) is 7.17. The van der Waals surface area contributed by atoms with Crippen LogP contribution >= 0.6 is 22.5 Å². The molecule has 0 aromatic carbocycles. The molecule has 7 heavy (non-hydrogen) atoms. The SMILES string of the molecule is CC(=O)NCSS. The molecule has 1 amide bonds. The molecule has 0 spiro atoms. The molecule has 4 heteroatoms. The number of nitrogens with one attached hydrogen (secondary N) is 1. The number of hydrogen-bond donors (Lipinski definition) is 2. The highest BCUT2D eigenvalue weighted by molar-refractivity contribution is 8.68. The van der Waals surface area contributed by atoms with Crippen LogP contribution < -0.4 is 5.32 Å². The number of carbonyl (C=O) groups is 1. The van der Waals surface area contributed by atoms with E-state index in [0.717, 1.165) is 0 Å². The smallest absolute Gasteiger partial charge is 0.217 e. The maximum absolute atomic E-state index is 10.0. The van der Waals surface area contributed by atoms with Crippen LogP contribution in [0.1, 0.15) is 6.92 Å². The van der Waals surface area contributed by atoms with E-state index < -0.39 is 0 Å². The summed E-state index contributed by atoms with van der Waals surface area (Å²) in [5.74, 6) is 0.569. The Balaban J connectivity index is 2.82. The fourth-order valence-electron chi connectivity index (χ4n) is 0.134. The lowest BCUT2D eigenvalue weighted by Gasteiger charge is -1.92. The van der Waals surface area contributed by atoms with Crippen molar-refractivity contribution in [3.63, 3.8) is 0 Å². The first-order valence-corrected chi connectivity index (χ1v) is 3.82. The zero-order chi connectivity index (χ0) is 5.70. The summed E-state index contributed by atoms with van der Waals surface area (Å²) in [5.41, 5.74) is 0. The Hall–Kier alpha value is 0.170. The van der Waals surface area contributed by atoms with Crippen molar-refractivity contribution < 1.29 is 4.79 Å². The van der Waals surface area contributed by atoms with E-state index in [0.29, 0.717) is 5.88 Å². The summed E-state index contributed by atoms with van der Waals surface area (Å²) in [6, 6.07) is 0.